The predicted molar refractivity (Wildman–Crippen MR) is 105 cm³/mol. The Bertz CT molecular complexity index is 236. The molecule has 0 aliphatic rings. The van der Waals surface area contributed by atoms with Gasteiger partial charge in [0.15, 0.2) is 0 Å². The van der Waals surface area contributed by atoms with Crippen LogP contribution in [-0.2, 0) is 28.4 Å². The topological polar surface area (TPSA) is 55.4 Å². The maximum atomic E-state index is 5.30. The zero-order valence-corrected chi connectivity index (χ0v) is 20.4. The second kappa shape index (κ2) is 18.0. The van der Waals surface area contributed by atoms with E-state index in [1.165, 1.54) is 36.3 Å². The van der Waals surface area contributed by atoms with Crippen LogP contribution in [-0.4, -0.2) is 97.8 Å². The van der Waals surface area contributed by atoms with Gasteiger partial charge in [-0.05, 0) is 0 Å². The van der Waals surface area contributed by atoms with Crippen molar-refractivity contribution in [3.63, 3.8) is 0 Å². The van der Waals surface area contributed by atoms with E-state index in [-0.39, 0.29) is 17.7 Å². The van der Waals surface area contributed by atoms with Gasteiger partial charge in [-0.25, -0.2) is 0 Å². The molecule has 145 valence electrons. The van der Waals surface area contributed by atoms with Crippen LogP contribution in [0.15, 0.2) is 0 Å². The van der Waals surface area contributed by atoms with Gasteiger partial charge in [0.2, 0.25) is 0 Å². The molecule has 0 saturated carbocycles. The van der Waals surface area contributed by atoms with Crippen molar-refractivity contribution in [2.45, 2.75) is 54.0 Å². The van der Waals surface area contributed by atoms with Crippen molar-refractivity contribution in [3.05, 3.63) is 0 Å². The third-order valence-electron chi connectivity index (χ3n) is 3.65. The van der Waals surface area contributed by atoms with Gasteiger partial charge >= 0.3 is 0 Å². The lowest BCUT2D eigenvalue weighted by Crippen LogP contribution is -2.26. The van der Waals surface area contributed by atoms with E-state index in [9.17, 15) is 0 Å². The monoisotopic (exact) mass is 421 g/mol. The first-order valence-corrected chi connectivity index (χ1v) is 14.3. The van der Waals surface area contributed by atoms with E-state index in [1.807, 2.05) is 0 Å². The molecule has 25 heavy (non-hydrogen) atoms. The van der Waals surface area contributed by atoms with Crippen molar-refractivity contribution in [2.75, 3.05) is 42.7 Å². The van der Waals surface area contributed by atoms with Crippen molar-refractivity contribution in [3.8, 4) is 0 Å². The van der Waals surface area contributed by atoms with E-state index in [0.717, 1.165) is 0 Å². The molecular weight excluding hydrogens is 389 g/mol. The second-order valence-corrected chi connectivity index (χ2v) is 12.4. The first-order valence-electron chi connectivity index (χ1n) is 8.35. The highest BCUT2D eigenvalue weighted by Gasteiger charge is 2.17. The minimum Gasteiger partial charge on any atom is -0.360 e. The highest BCUT2D eigenvalue weighted by molar-refractivity contribution is 6.62. The Morgan fingerprint density at radius 1 is 0.520 bits per heavy atom. The van der Waals surface area contributed by atoms with Gasteiger partial charge in [0.05, 0.1) is 0 Å². The van der Waals surface area contributed by atoms with Gasteiger partial charge in [-0.3, -0.25) is 0 Å². The molecule has 0 heterocycles. The highest BCUT2D eigenvalue weighted by atomic mass is 28.3. The lowest BCUT2D eigenvalue weighted by Gasteiger charge is -2.19. The van der Waals surface area contributed by atoms with Crippen LogP contribution in [0.2, 0.25) is 36.3 Å². The van der Waals surface area contributed by atoms with E-state index < -0.39 is 8.80 Å². The first kappa shape index (κ1) is 25.6. The van der Waals surface area contributed by atoms with Crippen LogP contribution in [0.1, 0.15) is 0 Å². The molecule has 0 aromatic heterocycles. The van der Waals surface area contributed by atoms with E-state index in [2.05, 4.69) is 0 Å². The average molecular weight is 422 g/mol. The molecule has 0 aliphatic carbocycles. The summed E-state index contributed by atoms with van der Waals surface area (Å²) in [6.45, 7) is 0. The standard InChI is InChI=1S/C15H33O6Si4/c1-16-13(17-2)22-7-10-25(11-8-23-14(18-3)19-4)12-9-24-15(20-5)21-6/h13-15H,7-12H2,1-6H3. The molecular formula is C15H33O6Si4. The Balaban J connectivity index is 4.24. The molecule has 0 amide bonds. The summed E-state index contributed by atoms with van der Waals surface area (Å²) in [5.74, 6) is -0.154. The Morgan fingerprint density at radius 3 is 0.960 bits per heavy atom. The van der Waals surface area contributed by atoms with Crippen molar-refractivity contribution in [1.29, 1.82) is 0 Å². The Hall–Kier alpha value is 0.628. The van der Waals surface area contributed by atoms with Gasteiger partial charge < -0.3 is 28.4 Å². The van der Waals surface area contributed by atoms with E-state index in [1.54, 1.807) is 42.7 Å². The van der Waals surface area contributed by atoms with Crippen LogP contribution in [0.4, 0.5) is 0 Å². The van der Waals surface area contributed by atoms with Gasteiger partial charge in [-0.15, -0.1) is 0 Å². The zero-order valence-electron chi connectivity index (χ0n) is 16.4. The Kier molecular flexibility index (Phi) is 18.5. The van der Waals surface area contributed by atoms with Gasteiger partial charge in [-0.1, -0.05) is 36.3 Å². The van der Waals surface area contributed by atoms with Crippen molar-refractivity contribution >= 4 is 37.4 Å². The molecule has 0 rings (SSSR count). The number of hydrogen-bond donors (Lipinski definition) is 0. The van der Waals surface area contributed by atoms with Crippen LogP contribution in [0.3, 0.4) is 0 Å². The van der Waals surface area contributed by atoms with E-state index in [0.29, 0.717) is 28.6 Å². The van der Waals surface area contributed by atoms with Gasteiger partial charge in [-0.2, -0.15) is 0 Å². The SMILES string of the molecule is COC(OC)[Si]CC[Si](CC[Si]C(OC)OC)CC[Si]C(OC)OC. The third-order valence-corrected chi connectivity index (χ3v) is 12.1. The summed E-state index contributed by atoms with van der Waals surface area (Å²) in [4.78, 5) is 0. The molecule has 10 heteroatoms. The molecule has 6 nitrogen and oxygen atoms in total. The molecule has 0 atom stereocenters. The van der Waals surface area contributed by atoms with Crippen molar-refractivity contribution in [1.82, 2.24) is 0 Å². The normalized spacial score (nSPS) is 12.2. The van der Waals surface area contributed by atoms with E-state index in [4.69, 9.17) is 28.4 Å². The van der Waals surface area contributed by atoms with E-state index >= 15 is 0 Å². The molecule has 0 aromatic carbocycles. The van der Waals surface area contributed by atoms with Crippen LogP contribution in [0.25, 0.3) is 0 Å². The summed E-state index contributed by atoms with van der Waals surface area (Å²) < 4.78 is 31.8. The summed E-state index contributed by atoms with van der Waals surface area (Å²) >= 11 is 0. The molecule has 0 saturated heterocycles. The van der Waals surface area contributed by atoms with Crippen molar-refractivity contribution < 1.29 is 28.4 Å². The van der Waals surface area contributed by atoms with Crippen LogP contribution in [0.5, 0.6) is 0 Å². The van der Waals surface area contributed by atoms with Gasteiger partial charge in [0.1, 0.15) is 46.3 Å². The summed E-state index contributed by atoms with van der Waals surface area (Å²) in [5.41, 5.74) is 0. The average Bonchev–Trinajstić information content (AvgIpc) is 2.65. The maximum absolute atomic E-state index is 5.30. The molecule has 7 radical (unpaired) electrons. The number of ether oxygens (including phenoxy) is 6. The van der Waals surface area contributed by atoms with Crippen LogP contribution in [0, 0.1) is 0 Å². The van der Waals surface area contributed by atoms with Gasteiger partial charge in [0.25, 0.3) is 0 Å². The highest BCUT2D eigenvalue weighted by Crippen LogP contribution is 2.16. The zero-order chi connectivity index (χ0) is 18.9. The maximum Gasteiger partial charge on any atom is 0.136 e. The smallest absolute Gasteiger partial charge is 0.136 e. The largest absolute Gasteiger partial charge is 0.360 e. The minimum atomic E-state index is -0.392. The Labute approximate surface area is 162 Å². The molecule has 0 fully saturated rings. The molecule has 0 aromatic rings. The summed E-state index contributed by atoms with van der Waals surface area (Å²) in [5, 5.41) is 0. The molecule has 0 bridgehead atoms. The number of methoxy groups -OCH3 is 6. The first-order chi connectivity index (χ1) is 12.1. The second-order valence-electron chi connectivity index (χ2n) is 5.27. The minimum absolute atomic E-state index is 0.0512. The summed E-state index contributed by atoms with van der Waals surface area (Å²) in [7, 11) is 12.0. The fraction of sp³-hybridized carbons (Fsp3) is 1.00. The number of rotatable bonds is 18. The summed E-state index contributed by atoms with van der Waals surface area (Å²) in [6.07, 6.45) is 0. The molecule has 0 aliphatic heterocycles. The molecule has 0 unspecified atom stereocenters. The van der Waals surface area contributed by atoms with Crippen LogP contribution >= 0.6 is 0 Å². The summed E-state index contributed by atoms with van der Waals surface area (Å²) in [6, 6.07) is 7.46. The molecule has 0 N–H and O–H groups in total. The van der Waals surface area contributed by atoms with Crippen molar-refractivity contribution in [2.24, 2.45) is 0 Å². The lowest BCUT2D eigenvalue weighted by atomic mass is 10.9. The fourth-order valence-corrected chi connectivity index (χ4v) is 10.7. The predicted octanol–water partition coefficient (Wildman–Crippen LogP) is 1.58. The van der Waals surface area contributed by atoms with Crippen LogP contribution < -0.4 is 0 Å². The Morgan fingerprint density at radius 2 is 0.760 bits per heavy atom. The lowest BCUT2D eigenvalue weighted by molar-refractivity contribution is -0.0441. The third kappa shape index (κ3) is 13.4. The fourth-order valence-electron chi connectivity index (χ4n) is 2.26. The van der Waals surface area contributed by atoms with Gasteiger partial charge in [0, 0.05) is 51.5 Å². The number of hydrogen-bond acceptors (Lipinski definition) is 6. The molecule has 0 spiro atoms. The quantitative estimate of drug-likeness (QED) is 0.247.